The van der Waals surface area contributed by atoms with Crippen molar-refractivity contribution >= 4 is 11.5 Å². The maximum atomic E-state index is 12.3. The van der Waals surface area contributed by atoms with Crippen LogP contribution in [0.5, 0.6) is 11.5 Å². The first-order chi connectivity index (χ1) is 9.24. The molecule has 0 aromatic heterocycles. The average Bonchev–Trinajstić information content (AvgIpc) is 2.46. The molecule has 1 heterocycles. The summed E-state index contributed by atoms with van der Waals surface area (Å²) in [6.45, 7) is 1.04. The van der Waals surface area contributed by atoms with Gasteiger partial charge in [-0.2, -0.15) is 0 Å². The van der Waals surface area contributed by atoms with Crippen LogP contribution in [0.4, 0.5) is 5.69 Å². The van der Waals surface area contributed by atoms with Crippen LogP contribution in [0.1, 0.15) is 15.9 Å². The molecule has 2 N–H and O–H groups in total. The van der Waals surface area contributed by atoms with Gasteiger partial charge >= 0.3 is 0 Å². The van der Waals surface area contributed by atoms with Gasteiger partial charge in [0.05, 0.1) is 0 Å². The van der Waals surface area contributed by atoms with E-state index in [1.807, 2.05) is 0 Å². The topological polar surface area (TPSA) is 61.6 Å². The molecule has 4 nitrogen and oxygen atoms in total. The minimum atomic E-state index is -0.0794. The van der Waals surface area contributed by atoms with Crippen LogP contribution in [0, 0.1) is 0 Å². The zero-order valence-electron chi connectivity index (χ0n) is 10.3. The second-order valence-electron chi connectivity index (χ2n) is 4.31. The number of hydrogen-bond donors (Lipinski definition) is 1. The Balaban J connectivity index is 1.96. The fourth-order valence-electron chi connectivity index (χ4n) is 2.03. The largest absolute Gasteiger partial charge is 0.486 e. The maximum Gasteiger partial charge on any atom is 0.193 e. The van der Waals surface area contributed by atoms with Crippen molar-refractivity contribution in [1.82, 2.24) is 0 Å². The third-order valence-corrected chi connectivity index (χ3v) is 2.95. The van der Waals surface area contributed by atoms with Crippen LogP contribution in [0.3, 0.4) is 0 Å². The fourth-order valence-corrected chi connectivity index (χ4v) is 2.03. The molecular formula is C15H13NO3. The van der Waals surface area contributed by atoms with Crippen LogP contribution in [-0.2, 0) is 0 Å². The van der Waals surface area contributed by atoms with E-state index in [0.29, 0.717) is 41.5 Å². The lowest BCUT2D eigenvalue weighted by molar-refractivity contribution is 0.103. The highest BCUT2D eigenvalue weighted by Gasteiger charge is 2.16. The number of nitrogen functional groups attached to an aromatic ring is 1. The predicted molar refractivity (Wildman–Crippen MR) is 71.7 cm³/mol. The summed E-state index contributed by atoms with van der Waals surface area (Å²) in [5.74, 6) is 1.21. The SMILES string of the molecule is Nc1cccc(C(=O)c2ccc3c(c2)OCCO3)c1. The van der Waals surface area contributed by atoms with Crippen molar-refractivity contribution in [3.63, 3.8) is 0 Å². The van der Waals surface area contributed by atoms with E-state index in [1.54, 1.807) is 42.5 Å². The van der Waals surface area contributed by atoms with E-state index < -0.39 is 0 Å². The first-order valence-corrected chi connectivity index (χ1v) is 6.04. The molecule has 0 unspecified atom stereocenters. The summed E-state index contributed by atoms with van der Waals surface area (Å²) in [5, 5.41) is 0. The lowest BCUT2D eigenvalue weighted by Gasteiger charge is -2.18. The summed E-state index contributed by atoms with van der Waals surface area (Å²) in [6.07, 6.45) is 0. The lowest BCUT2D eigenvalue weighted by atomic mass is 10.0. The van der Waals surface area contributed by atoms with Crippen molar-refractivity contribution in [2.24, 2.45) is 0 Å². The molecule has 0 spiro atoms. The second kappa shape index (κ2) is 4.65. The zero-order valence-corrected chi connectivity index (χ0v) is 10.3. The molecule has 0 amide bonds. The smallest absolute Gasteiger partial charge is 0.193 e. The zero-order chi connectivity index (χ0) is 13.2. The van der Waals surface area contributed by atoms with E-state index in [4.69, 9.17) is 15.2 Å². The minimum absolute atomic E-state index is 0.0794. The molecule has 0 radical (unpaired) electrons. The van der Waals surface area contributed by atoms with E-state index >= 15 is 0 Å². The lowest BCUT2D eigenvalue weighted by Crippen LogP contribution is -2.15. The minimum Gasteiger partial charge on any atom is -0.486 e. The number of fused-ring (bicyclic) bond motifs is 1. The molecule has 0 saturated heterocycles. The van der Waals surface area contributed by atoms with Crippen molar-refractivity contribution in [2.75, 3.05) is 18.9 Å². The Morgan fingerprint density at radius 2 is 1.68 bits per heavy atom. The highest BCUT2D eigenvalue weighted by atomic mass is 16.6. The van der Waals surface area contributed by atoms with Gasteiger partial charge in [-0.1, -0.05) is 12.1 Å². The number of rotatable bonds is 2. The summed E-state index contributed by atoms with van der Waals surface area (Å²) >= 11 is 0. The molecule has 0 saturated carbocycles. The van der Waals surface area contributed by atoms with Gasteiger partial charge in [-0.3, -0.25) is 4.79 Å². The molecule has 1 aliphatic heterocycles. The Hall–Kier alpha value is -2.49. The molecule has 0 aliphatic carbocycles. The standard InChI is InChI=1S/C15H13NO3/c16-12-3-1-2-10(8-12)15(17)11-4-5-13-14(9-11)19-7-6-18-13/h1-5,8-9H,6-7,16H2. The van der Waals surface area contributed by atoms with E-state index in [1.165, 1.54) is 0 Å². The Labute approximate surface area is 110 Å². The number of ether oxygens (including phenoxy) is 2. The van der Waals surface area contributed by atoms with Crippen LogP contribution in [0.2, 0.25) is 0 Å². The molecule has 19 heavy (non-hydrogen) atoms. The molecule has 4 heteroatoms. The summed E-state index contributed by atoms with van der Waals surface area (Å²) in [6, 6.07) is 12.1. The van der Waals surface area contributed by atoms with E-state index in [-0.39, 0.29) is 5.78 Å². The number of benzene rings is 2. The monoisotopic (exact) mass is 255 g/mol. The summed E-state index contributed by atoms with van der Waals surface area (Å²) in [5.41, 5.74) is 7.39. The van der Waals surface area contributed by atoms with Crippen molar-refractivity contribution in [1.29, 1.82) is 0 Å². The van der Waals surface area contributed by atoms with Gasteiger partial charge in [0.2, 0.25) is 0 Å². The van der Waals surface area contributed by atoms with Crippen LogP contribution in [-0.4, -0.2) is 19.0 Å². The van der Waals surface area contributed by atoms with Gasteiger partial charge in [-0.25, -0.2) is 0 Å². The van der Waals surface area contributed by atoms with Crippen molar-refractivity contribution in [3.8, 4) is 11.5 Å². The highest BCUT2D eigenvalue weighted by molar-refractivity contribution is 6.09. The molecule has 2 aromatic rings. The van der Waals surface area contributed by atoms with Crippen molar-refractivity contribution < 1.29 is 14.3 Å². The highest BCUT2D eigenvalue weighted by Crippen LogP contribution is 2.31. The molecule has 0 fully saturated rings. The summed E-state index contributed by atoms with van der Waals surface area (Å²) < 4.78 is 10.9. The first kappa shape index (κ1) is 11.6. The molecule has 96 valence electrons. The Morgan fingerprint density at radius 1 is 0.947 bits per heavy atom. The number of carbonyl (C=O) groups is 1. The molecule has 1 aliphatic rings. The van der Waals surface area contributed by atoms with Crippen LogP contribution >= 0.6 is 0 Å². The van der Waals surface area contributed by atoms with Gasteiger partial charge in [0, 0.05) is 16.8 Å². The molecule has 2 aromatic carbocycles. The molecule has 0 bridgehead atoms. The van der Waals surface area contributed by atoms with Gasteiger partial charge in [-0.05, 0) is 30.3 Å². The number of ketones is 1. The Bertz CT molecular complexity index is 637. The number of carbonyl (C=O) groups excluding carboxylic acids is 1. The van der Waals surface area contributed by atoms with E-state index in [9.17, 15) is 4.79 Å². The third-order valence-electron chi connectivity index (χ3n) is 2.95. The summed E-state index contributed by atoms with van der Waals surface area (Å²) in [7, 11) is 0. The van der Waals surface area contributed by atoms with Gasteiger partial charge in [0.15, 0.2) is 17.3 Å². The van der Waals surface area contributed by atoms with Crippen molar-refractivity contribution in [2.45, 2.75) is 0 Å². The molecule has 3 rings (SSSR count). The average molecular weight is 255 g/mol. The van der Waals surface area contributed by atoms with Crippen LogP contribution in [0.15, 0.2) is 42.5 Å². The van der Waals surface area contributed by atoms with Crippen LogP contribution in [0.25, 0.3) is 0 Å². The number of nitrogens with two attached hydrogens (primary N) is 1. The first-order valence-electron chi connectivity index (χ1n) is 6.04. The number of anilines is 1. The van der Waals surface area contributed by atoms with E-state index in [2.05, 4.69) is 0 Å². The van der Waals surface area contributed by atoms with Crippen molar-refractivity contribution in [3.05, 3.63) is 53.6 Å². The fraction of sp³-hybridized carbons (Fsp3) is 0.133. The van der Waals surface area contributed by atoms with Gasteiger partial charge in [0.1, 0.15) is 13.2 Å². The molecular weight excluding hydrogens is 242 g/mol. The predicted octanol–water partition coefficient (Wildman–Crippen LogP) is 2.27. The second-order valence-corrected chi connectivity index (χ2v) is 4.31. The summed E-state index contributed by atoms with van der Waals surface area (Å²) in [4.78, 5) is 12.3. The van der Waals surface area contributed by atoms with Crippen LogP contribution < -0.4 is 15.2 Å². The Kier molecular flexibility index (Phi) is 2.83. The Morgan fingerprint density at radius 3 is 2.47 bits per heavy atom. The maximum absolute atomic E-state index is 12.3. The van der Waals surface area contributed by atoms with E-state index in [0.717, 1.165) is 0 Å². The van der Waals surface area contributed by atoms with Gasteiger partial charge in [-0.15, -0.1) is 0 Å². The van der Waals surface area contributed by atoms with Gasteiger partial charge in [0.25, 0.3) is 0 Å². The third kappa shape index (κ3) is 2.25. The molecule has 0 atom stereocenters. The number of hydrogen-bond acceptors (Lipinski definition) is 4. The van der Waals surface area contributed by atoms with Gasteiger partial charge < -0.3 is 15.2 Å². The quantitative estimate of drug-likeness (QED) is 0.660. The normalized spacial score (nSPS) is 13.1.